The number of fused-ring (bicyclic) bond motifs is 3. The van der Waals surface area contributed by atoms with Gasteiger partial charge in [-0.1, -0.05) is 73.7 Å². The van der Waals surface area contributed by atoms with E-state index in [0.717, 1.165) is 33.3 Å². The van der Waals surface area contributed by atoms with Crippen LogP contribution in [0.25, 0.3) is 0 Å². The number of carbonyl (C=O) groups excluding carboxylic acids is 3. The van der Waals surface area contributed by atoms with Crippen LogP contribution < -0.4 is 29.6 Å². The molecule has 0 aromatic heterocycles. The molecular formula is C49H53N3O8Si. The summed E-state index contributed by atoms with van der Waals surface area (Å²) in [6.45, 7) is 7.18. The van der Waals surface area contributed by atoms with Gasteiger partial charge in [0.2, 0.25) is 5.91 Å². The van der Waals surface area contributed by atoms with Crippen LogP contribution in [0.15, 0.2) is 115 Å². The Hall–Kier alpha value is -5.95. The molecule has 1 saturated heterocycles. The molecule has 8 rings (SSSR count). The van der Waals surface area contributed by atoms with E-state index < -0.39 is 19.8 Å². The van der Waals surface area contributed by atoms with Crippen molar-refractivity contribution in [2.24, 2.45) is 5.92 Å². The van der Waals surface area contributed by atoms with Crippen LogP contribution in [0, 0.1) is 5.92 Å². The van der Waals surface area contributed by atoms with Crippen molar-refractivity contribution in [1.29, 1.82) is 0 Å². The fourth-order valence-electron chi connectivity index (χ4n) is 9.93. The SMILES string of the molecule is COc1ccc(C(=O)Nc2ccc(CN3C(=O)[C@]4(O[C@H](CC(=O)N5Cc6ccccc6C[C@H]5CO)[C@@H]([Si](C)(C)c5ccc(OC)cc5)[C@@H]4C)c4cc(OC)ccc43)cc2)cc1. The average Bonchev–Trinajstić information content (AvgIpc) is 3.71. The number of hydrogen-bond donors (Lipinski definition) is 2. The van der Waals surface area contributed by atoms with E-state index in [-0.39, 0.29) is 54.8 Å². The fraction of sp³-hybridized carbons (Fsp3) is 0.327. The van der Waals surface area contributed by atoms with Gasteiger partial charge in [-0.25, -0.2) is 0 Å². The summed E-state index contributed by atoms with van der Waals surface area (Å²) in [5.41, 5.74) is 4.03. The number of aliphatic hydroxyl groups excluding tert-OH is 1. The minimum atomic E-state index is -2.56. The first kappa shape index (κ1) is 41.8. The molecular weight excluding hydrogens is 787 g/mol. The lowest BCUT2D eigenvalue weighted by Crippen LogP contribution is -2.52. The first-order valence-electron chi connectivity index (χ1n) is 20.8. The van der Waals surface area contributed by atoms with Gasteiger partial charge in [0, 0.05) is 29.3 Å². The van der Waals surface area contributed by atoms with Gasteiger partial charge in [0.1, 0.15) is 17.2 Å². The van der Waals surface area contributed by atoms with Crippen molar-refractivity contribution in [3.63, 3.8) is 0 Å². The number of rotatable bonds is 12. The zero-order valence-electron chi connectivity index (χ0n) is 35.5. The standard InChI is InChI=1S/C49H53N3O8Si/c1-31-46(61(5,6)41-22-19-39(58-3)20-23-41)44(27-45(54)51-29-35-10-8-7-9-34(35)25-37(51)30-53)60-49(31)42-26-40(59-4)21-24-43(42)52(48(49)56)28-32-11-15-36(16-12-32)50-47(55)33-13-17-38(57-2)18-14-33/h7-24,26,31,37,44,46,53H,25,27-30H2,1-6H3,(H,50,55)/t31-,37-,44+,46-,49+/m0/s1. The summed E-state index contributed by atoms with van der Waals surface area (Å²) < 4.78 is 23.8. The monoisotopic (exact) mass is 839 g/mol. The van der Waals surface area contributed by atoms with Crippen molar-refractivity contribution < 1.29 is 38.4 Å². The third-order valence-electron chi connectivity index (χ3n) is 13.2. The van der Waals surface area contributed by atoms with Crippen molar-refractivity contribution >= 4 is 42.4 Å². The first-order chi connectivity index (χ1) is 29.4. The molecule has 0 bridgehead atoms. The molecule has 3 heterocycles. The highest BCUT2D eigenvalue weighted by Gasteiger charge is 2.66. The van der Waals surface area contributed by atoms with E-state index >= 15 is 4.79 Å². The van der Waals surface area contributed by atoms with E-state index in [0.29, 0.717) is 41.3 Å². The van der Waals surface area contributed by atoms with Crippen molar-refractivity contribution in [2.45, 2.75) is 69.2 Å². The lowest BCUT2D eigenvalue weighted by atomic mass is 9.82. The lowest BCUT2D eigenvalue weighted by Gasteiger charge is -2.39. The second kappa shape index (κ2) is 16.8. The Bertz CT molecular complexity index is 2420. The molecule has 5 aromatic carbocycles. The molecule has 61 heavy (non-hydrogen) atoms. The Morgan fingerprint density at radius 1 is 0.836 bits per heavy atom. The van der Waals surface area contributed by atoms with Crippen LogP contribution in [0.2, 0.25) is 18.6 Å². The highest BCUT2D eigenvalue weighted by molar-refractivity contribution is 6.91. The van der Waals surface area contributed by atoms with Gasteiger partial charge >= 0.3 is 0 Å². The summed E-state index contributed by atoms with van der Waals surface area (Å²) in [5, 5.41) is 14.6. The van der Waals surface area contributed by atoms with E-state index in [1.165, 1.54) is 0 Å². The van der Waals surface area contributed by atoms with Crippen LogP contribution in [0.3, 0.4) is 0 Å². The van der Waals surface area contributed by atoms with E-state index in [4.69, 9.17) is 18.9 Å². The molecule has 0 saturated carbocycles. The molecule has 0 unspecified atom stereocenters. The molecule has 11 nitrogen and oxygen atoms in total. The Labute approximate surface area is 358 Å². The minimum Gasteiger partial charge on any atom is -0.497 e. The largest absolute Gasteiger partial charge is 0.497 e. The lowest BCUT2D eigenvalue weighted by molar-refractivity contribution is -0.151. The van der Waals surface area contributed by atoms with Crippen molar-refractivity contribution in [3.05, 3.63) is 143 Å². The Morgan fingerprint density at radius 3 is 2.10 bits per heavy atom. The van der Waals surface area contributed by atoms with Gasteiger partial charge in [-0.05, 0) is 95.4 Å². The number of anilines is 2. The molecule has 5 aromatic rings. The summed E-state index contributed by atoms with van der Waals surface area (Å²) in [4.78, 5) is 46.7. The number of hydrogen-bond acceptors (Lipinski definition) is 8. The highest BCUT2D eigenvalue weighted by atomic mass is 28.3. The zero-order chi connectivity index (χ0) is 43.1. The first-order valence-corrected chi connectivity index (χ1v) is 23.8. The quantitative estimate of drug-likeness (QED) is 0.128. The molecule has 3 aliphatic heterocycles. The van der Waals surface area contributed by atoms with E-state index in [2.05, 4.69) is 43.5 Å². The Morgan fingerprint density at radius 2 is 1.46 bits per heavy atom. The third-order valence-corrected chi connectivity index (χ3v) is 17.6. The number of nitrogens with zero attached hydrogens (tertiary/aromatic N) is 2. The normalized spacial score (nSPS) is 21.9. The number of ether oxygens (including phenoxy) is 4. The van der Waals surface area contributed by atoms with Gasteiger partial charge in [-0.2, -0.15) is 0 Å². The maximum absolute atomic E-state index is 15.4. The number of nitrogens with one attached hydrogen (secondary N) is 1. The van der Waals surface area contributed by atoms with E-state index in [1.807, 2.05) is 72.8 Å². The van der Waals surface area contributed by atoms with Gasteiger partial charge < -0.3 is 39.2 Å². The van der Waals surface area contributed by atoms with Crippen molar-refractivity contribution in [3.8, 4) is 17.2 Å². The van der Waals surface area contributed by atoms with E-state index in [1.54, 1.807) is 55.4 Å². The molecule has 1 fully saturated rings. The Kier molecular flexibility index (Phi) is 11.5. The number of methoxy groups -OCH3 is 3. The van der Waals surface area contributed by atoms with Crippen molar-refractivity contribution in [1.82, 2.24) is 4.90 Å². The molecule has 2 N–H and O–H groups in total. The molecule has 316 valence electrons. The molecule has 3 aliphatic rings. The summed E-state index contributed by atoms with van der Waals surface area (Å²) in [7, 11) is 2.27. The molecule has 0 aliphatic carbocycles. The maximum atomic E-state index is 15.4. The second-order valence-corrected chi connectivity index (χ2v) is 21.5. The Balaban J connectivity index is 1.13. The predicted molar refractivity (Wildman–Crippen MR) is 237 cm³/mol. The number of carbonyl (C=O) groups is 3. The zero-order valence-corrected chi connectivity index (χ0v) is 36.5. The van der Waals surface area contributed by atoms with Crippen LogP contribution in [-0.4, -0.2) is 75.9 Å². The summed E-state index contributed by atoms with van der Waals surface area (Å²) in [5.74, 6) is 1.12. The van der Waals surface area contributed by atoms with Crippen LogP contribution in [0.1, 0.15) is 46.0 Å². The molecule has 0 radical (unpaired) electrons. The van der Waals surface area contributed by atoms with Crippen LogP contribution in [0.4, 0.5) is 11.4 Å². The van der Waals surface area contributed by atoms with Crippen LogP contribution >= 0.6 is 0 Å². The van der Waals surface area contributed by atoms with Gasteiger partial charge in [-0.3, -0.25) is 14.4 Å². The van der Waals surface area contributed by atoms with Gasteiger partial charge in [0.15, 0.2) is 5.60 Å². The van der Waals surface area contributed by atoms with Crippen molar-refractivity contribution in [2.75, 3.05) is 38.2 Å². The summed E-state index contributed by atoms with van der Waals surface area (Å²) in [6.07, 6.45) is 0.00804. The smallest absolute Gasteiger partial charge is 0.264 e. The van der Waals surface area contributed by atoms with Crippen LogP contribution in [-0.2, 0) is 39.4 Å². The second-order valence-electron chi connectivity index (χ2n) is 16.8. The van der Waals surface area contributed by atoms with Crippen LogP contribution in [0.5, 0.6) is 17.2 Å². The fourth-order valence-corrected chi connectivity index (χ4v) is 13.9. The summed E-state index contributed by atoms with van der Waals surface area (Å²) in [6, 6.07) is 35.9. The van der Waals surface area contributed by atoms with Gasteiger partial charge in [0.05, 0.1) is 66.8 Å². The number of aliphatic hydroxyl groups is 1. The minimum absolute atomic E-state index is 0.0539. The van der Waals surface area contributed by atoms with Gasteiger partial charge in [-0.15, -0.1) is 0 Å². The number of benzene rings is 5. The topological polar surface area (TPSA) is 127 Å². The molecule has 1 spiro atoms. The van der Waals surface area contributed by atoms with E-state index in [9.17, 15) is 14.7 Å². The molecule has 12 heteroatoms. The molecule has 5 atom stereocenters. The molecule has 3 amide bonds. The average molecular weight is 840 g/mol. The summed E-state index contributed by atoms with van der Waals surface area (Å²) >= 11 is 0. The van der Waals surface area contributed by atoms with Gasteiger partial charge in [0.25, 0.3) is 11.8 Å². The highest BCUT2D eigenvalue weighted by Crippen LogP contribution is 2.60. The predicted octanol–water partition coefficient (Wildman–Crippen LogP) is 7.06. The third kappa shape index (κ3) is 7.57. The maximum Gasteiger partial charge on any atom is 0.264 e. The number of amides is 3.